The molecule has 2 aromatic carbocycles. The van der Waals surface area contributed by atoms with E-state index < -0.39 is 58.7 Å². The third-order valence-corrected chi connectivity index (χ3v) is 17.9. The second kappa shape index (κ2) is 25.7. The minimum Gasteiger partial charge on any atom is -0.493 e. The molecule has 434 valence electrons. The van der Waals surface area contributed by atoms with E-state index in [-0.39, 0.29) is 50.2 Å². The molecule has 22 heteroatoms. The van der Waals surface area contributed by atoms with Crippen LogP contribution in [0.1, 0.15) is 118 Å². The number of hydrogen-bond acceptors (Lipinski definition) is 15. The number of rotatable bonds is 20. The summed E-state index contributed by atoms with van der Waals surface area (Å²) in [6.45, 7) is 19.4. The number of ether oxygens (including phenoxy) is 2. The van der Waals surface area contributed by atoms with Crippen LogP contribution in [0.3, 0.4) is 0 Å². The van der Waals surface area contributed by atoms with E-state index in [0.717, 1.165) is 97.1 Å². The number of likely N-dealkylation sites (tertiary alicyclic amines) is 2. The lowest BCUT2D eigenvalue weighted by molar-refractivity contribution is -0.145. The van der Waals surface area contributed by atoms with Gasteiger partial charge in [0.2, 0.25) is 17.7 Å². The third kappa shape index (κ3) is 16.1. The van der Waals surface area contributed by atoms with Gasteiger partial charge in [-0.05, 0) is 133 Å². The van der Waals surface area contributed by atoms with Crippen LogP contribution >= 0.6 is 34.7 Å². The Morgan fingerprint density at radius 1 is 0.963 bits per heavy atom. The number of nitrogens with one attached hydrogen (secondary N) is 4. The molecule has 4 aromatic rings. The molecule has 80 heavy (non-hydrogen) atoms. The highest BCUT2D eigenvalue weighted by molar-refractivity contribution is 7.99. The smallest absolute Gasteiger partial charge is 0.407 e. The highest BCUT2D eigenvalue weighted by Crippen LogP contribution is 2.41. The normalized spacial score (nSPS) is 19.7. The fraction of sp³-hybridized carbons (Fsp3) is 0.586. The molecule has 3 atom stereocenters. The number of alkyl carbamates (subject to hydrolysis) is 1. The average molecular weight is 1160 g/mol. The van der Waals surface area contributed by atoms with Crippen LogP contribution in [0.2, 0.25) is 5.02 Å². The van der Waals surface area contributed by atoms with Crippen LogP contribution in [0.15, 0.2) is 64.2 Å². The number of piperidine rings is 2. The Bertz CT molecular complexity index is 2840. The van der Waals surface area contributed by atoms with Crippen LogP contribution in [-0.4, -0.2) is 141 Å². The summed E-state index contributed by atoms with van der Waals surface area (Å²) in [5.74, 6) is -0.103. The summed E-state index contributed by atoms with van der Waals surface area (Å²) in [6, 6.07) is 9.31. The number of aliphatic hydroxyl groups excluding tert-OH is 1. The molecule has 3 aliphatic heterocycles. The number of nitrogens with zero attached hydrogens (tertiary/aromatic N) is 6. The van der Waals surface area contributed by atoms with Crippen molar-refractivity contribution in [3.8, 4) is 16.2 Å². The maximum atomic E-state index is 14.7. The Labute approximate surface area is 482 Å². The zero-order valence-electron chi connectivity index (χ0n) is 47.3. The van der Waals surface area contributed by atoms with E-state index in [1.807, 2.05) is 58.0 Å². The van der Waals surface area contributed by atoms with E-state index in [0.29, 0.717) is 40.6 Å². The van der Waals surface area contributed by atoms with Gasteiger partial charge < -0.3 is 45.6 Å². The number of aliphatic hydroxyl groups is 1. The van der Waals surface area contributed by atoms with Crippen molar-refractivity contribution in [3.63, 3.8) is 0 Å². The molecule has 0 radical (unpaired) electrons. The van der Waals surface area contributed by atoms with Gasteiger partial charge in [0, 0.05) is 49.6 Å². The van der Waals surface area contributed by atoms with Crippen molar-refractivity contribution in [1.29, 1.82) is 0 Å². The molecule has 2 aromatic heterocycles. The highest BCUT2D eigenvalue weighted by Gasteiger charge is 2.53. The number of alkyl halides is 1. The van der Waals surface area contributed by atoms with Crippen LogP contribution in [0.5, 0.6) is 5.75 Å². The number of amides is 5. The average Bonchev–Trinajstić information content (AvgIpc) is 3.82. The molecule has 4 fully saturated rings. The lowest BCUT2D eigenvalue weighted by atomic mass is 9.80. The van der Waals surface area contributed by atoms with Crippen LogP contribution in [0.4, 0.5) is 20.7 Å². The van der Waals surface area contributed by atoms with Gasteiger partial charge in [-0.2, -0.15) is 0 Å². The van der Waals surface area contributed by atoms with E-state index in [1.165, 1.54) is 28.0 Å². The number of benzene rings is 2. The largest absolute Gasteiger partial charge is 0.493 e. The SMILES string of the molecule is Cc1ncsc1-c1ccc(CNC(=O)[C@@H]2C[C@@H](O)CN2C(=O)[C@@H](NC(=O)C2(F)CC2)C(C)(C)C)c(OCCCC2CCN(CC(=O)Nc3cccc(Sc4cnc(N5CCC(C)(CNC(=O)OC(C)(C)C)CC5)cn4)c3Cl)CC2)c1. The summed E-state index contributed by atoms with van der Waals surface area (Å²) in [5, 5.41) is 23.3. The molecule has 0 unspecified atom stereocenters. The zero-order valence-corrected chi connectivity index (χ0v) is 49.7. The lowest BCUT2D eigenvalue weighted by Gasteiger charge is -2.40. The Kier molecular flexibility index (Phi) is 19.4. The van der Waals surface area contributed by atoms with Gasteiger partial charge in [0.15, 0.2) is 5.67 Å². The van der Waals surface area contributed by atoms with Gasteiger partial charge in [0.05, 0.1) is 58.4 Å². The van der Waals surface area contributed by atoms with Crippen molar-refractivity contribution in [1.82, 2.24) is 40.7 Å². The van der Waals surface area contributed by atoms with Crippen molar-refractivity contribution >= 4 is 75.9 Å². The fourth-order valence-electron chi connectivity index (χ4n) is 10.3. The molecule has 0 spiro atoms. The van der Waals surface area contributed by atoms with Crippen molar-refractivity contribution in [2.75, 3.05) is 62.6 Å². The van der Waals surface area contributed by atoms with Gasteiger partial charge in [-0.3, -0.25) is 24.1 Å². The second-order valence-corrected chi connectivity index (χ2v) is 26.6. The highest BCUT2D eigenvalue weighted by atomic mass is 35.5. The molecule has 4 aliphatic rings. The van der Waals surface area contributed by atoms with E-state index in [1.54, 1.807) is 44.7 Å². The summed E-state index contributed by atoms with van der Waals surface area (Å²) in [7, 11) is 0. The van der Waals surface area contributed by atoms with Crippen LogP contribution in [-0.2, 0) is 30.5 Å². The predicted octanol–water partition coefficient (Wildman–Crippen LogP) is 8.97. The molecule has 3 saturated heterocycles. The molecule has 1 aliphatic carbocycles. The summed E-state index contributed by atoms with van der Waals surface area (Å²) in [6.07, 6.45) is 7.77. The number of aromatic nitrogens is 3. The Hall–Kier alpha value is -5.61. The molecule has 18 nitrogen and oxygen atoms in total. The number of aryl methyl sites for hydroxylation is 1. The first kappa shape index (κ1) is 60.5. The Morgan fingerprint density at radius 3 is 2.35 bits per heavy atom. The van der Waals surface area contributed by atoms with E-state index in [4.69, 9.17) is 26.1 Å². The molecular weight excluding hydrogens is 1080 g/mol. The molecule has 5 amide bonds. The number of anilines is 2. The van der Waals surface area contributed by atoms with Gasteiger partial charge in [-0.15, -0.1) is 11.3 Å². The van der Waals surface area contributed by atoms with Crippen LogP contribution in [0, 0.1) is 23.7 Å². The topological polar surface area (TPSA) is 221 Å². The third-order valence-electron chi connectivity index (χ3n) is 15.4. The number of carbonyl (C=O) groups excluding carboxylic acids is 5. The predicted molar refractivity (Wildman–Crippen MR) is 309 cm³/mol. The molecular formula is C58H78ClFN10O8S2. The fourth-order valence-corrected chi connectivity index (χ4v) is 12.2. The molecule has 5 heterocycles. The zero-order chi connectivity index (χ0) is 57.6. The summed E-state index contributed by atoms with van der Waals surface area (Å²) in [5.41, 5.74) is 1.54. The summed E-state index contributed by atoms with van der Waals surface area (Å²) in [4.78, 5) is 87.5. The molecule has 8 rings (SSSR count). The number of carbonyl (C=O) groups is 5. The Balaban J connectivity index is 0.778. The first-order valence-electron chi connectivity index (χ1n) is 27.8. The lowest BCUT2D eigenvalue weighted by Crippen LogP contribution is -2.59. The van der Waals surface area contributed by atoms with Crippen LogP contribution in [0.25, 0.3) is 10.4 Å². The summed E-state index contributed by atoms with van der Waals surface area (Å²) < 4.78 is 26.6. The maximum Gasteiger partial charge on any atom is 0.407 e. The van der Waals surface area contributed by atoms with Crippen molar-refractivity contribution in [2.45, 2.75) is 159 Å². The monoisotopic (exact) mass is 1160 g/mol. The van der Waals surface area contributed by atoms with E-state index in [2.05, 4.69) is 48.0 Å². The van der Waals surface area contributed by atoms with Gasteiger partial charge in [-0.1, -0.05) is 69.3 Å². The first-order valence-corrected chi connectivity index (χ1v) is 29.9. The number of halogens is 2. The number of hydrogen-bond donors (Lipinski definition) is 5. The van der Waals surface area contributed by atoms with Crippen LogP contribution < -0.4 is 30.9 Å². The Morgan fingerprint density at radius 2 is 1.70 bits per heavy atom. The number of thiazole rings is 1. The minimum atomic E-state index is -1.98. The standard InChI is InChI=1S/C58H78ClFN10O8S2/c1-36-49(79-35-65-36)38-14-15-39(29-63-51(73)42-28-40(71)32-70(42)52(74)50(55(2,3)4)67-53(75)58(60)18-19-58)43(27-38)77-26-10-11-37-16-22-68(23-17-37)33-46(72)66-41-12-9-13-44(48(41)59)80-47-31-61-45(30-62-47)69-24-20-57(8,21-25-69)34-64-54(76)78-56(5,6)7/h9,12-15,27,30-31,35,37,40,42,50,71H,10-11,16-26,28-29,32-34H2,1-8H3,(H,63,73)(H,64,76)(H,66,72)(H,67,75)/t40-,42+,50-/m1/s1. The second-order valence-electron chi connectivity index (χ2n) is 24.3. The van der Waals surface area contributed by atoms with E-state index >= 15 is 0 Å². The number of β-amino-alcohol motifs (C(OH)–C–C–N with tert-alkyl or cyclic N) is 1. The first-order chi connectivity index (χ1) is 37.8. The minimum absolute atomic E-state index is 0.0221. The van der Waals surface area contributed by atoms with Crippen molar-refractivity contribution in [3.05, 3.63) is 70.6 Å². The van der Waals surface area contributed by atoms with Gasteiger partial charge in [-0.25, -0.2) is 24.1 Å². The molecule has 5 N–H and O–H groups in total. The maximum absolute atomic E-state index is 14.7. The van der Waals surface area contributed by atoms with Crippen molar-refractivity contribution < 1.29 is 42.9 Å². The van der Waals surface area contributed by atoms with Gasteiger partial charge in [0.1, 0.15) is 34.3 Å². The summed E-state index contributed by atoms with van der Waals surface area (Å²) >= 11 is 9.79. The van der Waals surface area contributed by atoms with E-state index in [9.17, 15) is 33.5 Å². The molecule has 0 bridgehead atoms. The van der Waals surface area contributed by atoms with Crippen molar-refractivity contribution in [2.24, 2.45) is 16.7 Å². The quantitative estimate of drug-likeness (QED) is 0.0522. The molecule has 1 saturated carbocycles. The van der Waals surface area contributed by atoms with Gasteiger partial charge in [0.25, 0.3) is 5.91 Å². The van der Waals surface area contributed by atoms with Gasteiger partial charge >= 0.3 is 6.09 Å².